The molecule has 1 fully saturated rings. The van der Waals surface area contributed by atoms with Crippen LogP contribution in [-0.4, -0.2) is 63.5 Å². The van der Waals surface area contributed by atoms with Crippen LogP contribution < -0.4 is 9.47 Å². The zero-order chi connectivity index (χ0) is 27.2. The molecule has 2 atom stereocenters. The van der Waals surface area contributed by atoms with E-state index in [9.17, 15) is 14.0 Å². The topological polar surface area (TPSA) is 92.2 Å². The van der Waals surface area contributed by atoms with Crippen molar-refractivity contribution >= 4 is 23.5 Å². The Hall–Kier alpha value is -3.69. The molecular formula is C28H29ClFN3O5. The van der Waals surface area contributed by atoms with Crippen molar-refractivity contribution < 1.29 is 28.6 Å². The van der Waals surface area contributed by atoms with E-state index in [-0.39, 0.29) is 42.6 Å². The second kappa shape index (κ2) is 12.2. The van der Waals surface area contributed by atoms with Gasteiger partial charge in [0.25, 0.3) is 5.91 Å². The number of rotatable bonds is 9. The molecule has 1 amide bonds. The first-order chi connectivity index (χ1) is 18.2. The Labute approximate surface area is 225 Å². The molecule has 200 valence electrons. The van der Waals surface area contributed by atoms with Crippen molar-refractivity contribution in [2.75, 3.05) is 19.7 Å². The quantitative estimate of drug-likeness (QED) is 0.421. The molecule has 38 heavy (non-hydrogen) atoms. The van der Waals surface area contributed by atoms with Crippen LogP contribution in [0.25, 0.3) is 0 Å². The molecule has 3 aromatic rings. The van der Waals surface area contributed by atoms with Gasteiger partial charge in [0.1, 0.15) is 12.4 Å². The number of carbonyl (C=O) groups excluding carboxylic acids is 1. The highest BCUT2D eigenvalue weighted by atomic mass is 35.5. The van der Waals surface area contributed by atoms with Gasteiger partial charge in [0.05, 0.1) is 11.3 Å². The Morgan fingerprint density at radius 2 is 1.79 bits per heavy atom. The van der Waals surface area contributed by atoms with E-state index in [0.717, 1.165) is 5.56 Å². The van der Waals surface area contributed by atoms with E-state index in [2.05, 4.69) is 16.8 Å². The van der Waals surface area contributed by atoms with Gasteiger partial charge in [0.2, 0.25) is 0 Å². The van der Waals surface area contributed by atoms with Crippen LogP contribution in [0.3, 0.4) is 0 Å². The number of nitrogens with zero attached hydrogens (tertiary/aromatic N) is 3. The Morgan fingerprint density at radius 3 is 2.47 bits per heavy atom. The summed E-state index contributed by atoms with van der Waals surface area (Å²) >= 11 is 6.14. The van der Waals surface area contributed by atoms with E-state index in [1.807, 2.05) is 11.8 Å². The molecule has 0 spiro atoms. The lowest BCUT2D eigenvalue weighted by Gasteiger charge is -2.44. The summed E-state index contributed by atoms with van der Waals surface area (Å²) in [5, 5.41) is 9.45. The largest absolute Gasteiger partial charge is 0.483 e. The zero-order valence-electron chi connectivity index (χ0n) is 21.1. The Kier molecular flexibility index (Phi) is 8.81. The van der Waals surface area contributed by atoms with E-state index < -0.39 is 5.97 Å². The molecule has 2 aromatic carbocycles. The predicted molar refractivity (Wildman–Crippen MR) is 140 cm³/mol. The summed E-state index contributed by atoms with van der Waals surface area (Å²) in [5.74, 6) is -0.748. The van der Waals surface area contributed by atoms with Crippen LogP contribution in [0, 0.1) is 5.82 Å². The maximum absolute atomic E-state index is 13.2. The third-order valence-corrected chi connectivity index (χ3v) is 6.67. The highest BCUT2D eigenvalue weighted by molar-refractivity contribution is 6.30. The molecule has 8 nitrogen and oxygen atoms in total. The predicted octanol–water partition coefficient (Wildman–Crippen LogP) is 4.65. The second-order valence-corrected chi connectivity index (χ2v) is 9.75. The maximum Gasteiger partial charge on any atom is 0.337 e. The fourth-order valence-corrected chi connectivity index (χ4v) is 4.48. The van der Waals surface area contributed by atoms with Gasteiger partial charge in [-0.25, -0.2) is 9.18 Å². The maximum atomic E-state index is 13.2. The van der Waals surface area contributed by atoms with Crippen molar-refractivity contribution in [3.8, 4) is 11.5 Å². The number of hydrogen-bond acceptors (Lipinski definition) is 6. The molecule has 1 saturated heterocycles. The molecule has 4 rings (SSSR count). The number of aromatic carboxylic acids is 1. The minimum absolute atomic E-state index is 0.0245. The van der Waals surface area contributed by atoms with Gasteiger partial charge in [-0.1, -0.05) is 23.7 Å². The lowest BCUT2D eigenvalue weighted by atomic mass is 10.1. The summed E-state index contributed by atoms with van der Waals surface area (Å²) in [4.78, 5) is 32.3. The fourth-order valence-electron chi connectivity index (χ4n) is 4.31. The first-order valence-electron chi connectivity index (χ1n) is 12.2. The van der Waals surface area contributed by atoms with Crippen LogP contribution in [0.2, 0.25) is 5.02 Å². The molecule has 1 N–H and O–H groups in total. The summed E-state index contributed by atoms with van der Waals surface area (Å²) < 4.78 is 24.9. The van der Waals surface area contributed by atoms with Crippen LogP contribution in [0.15, 0.2) is 60.8 Å². The van der Waals surface area contributed by atoms with Gasteiger partial charge in [0, 0.05) is 49.0 Å². The number of amides is 1. The molecule has 0 radical (unpaired) electrons. The number of benzene rings is 2. The lowest BCUT2D eigenvalue weighted by Crippen LogP contribution is -2.58. The number of halogens is 2. The number of aromatic nitrogens is 1. The van der Waals surface area contributed by atoms with Crippen molar-refractivity contribution in [2.24, 2.45) is 0 Å². The van der Waals surface area contributed by atoms with Gasteiger partial charge in [0.15, 0.2) is 18.1 Å². The van der Waals surface area contributed by atoms with E-state index in [1.165, 1.54) is 24.4 Å². The van der Waals surface area contributed by atoms with Gasteiger partial charge in [-0.05, 0) is 55.8 Å². The fraction of sp³-hybridized carbons (Fsp3) is 0.321. The molecule has 2 heterocycles. The molecule has 10 heteroatoms. The minimum Gasteiger partial charge on any atom is -0.483 e. The first-order valence-corrected chi connectivity index (χ1v) is 12.6. The molecule has 1 aliphatic heterocycles. The zero-order valence-corrected chi connectivity index (χ0v) is 21.9. The number of carboxylic acid groups (broad SMARTS) is 1. The molecular weight excluding hydrogens is 513 g/mol. The van der Waals surface area contributed by atoms with Crippen molar-refractivity contribution in [1.82, 2.24) is 14.8 Å². The first kappa shape index (κ1) is 27.3. The number of hydrogen-bond donors (Lipinski definition) is 1. The summed E-state index contributed by atoms with van der Waals surface area (Å²) in [5.41, 5.74) is 1.63. The lowest BCUT2D eigenvalue weighted by molar-refractivity contribution is -0.139. The van der Waals surface area contributed by atoms with E-state index in [4.69, 9.17) is 26.2 Å². The average Bonchev–Trinajstić information content (AvgIpc) is 2.90. The van der Waals surface area contributed by atoms with Crippen molar-refractivity contribution in [2.45, 2.75) is 39.1 Å². The molecule has 0 saturated carbocycles. The average molecular weight is 542 g/mol. The molecule has 2 unspecified atom stereocenters. The smallest absolute Gasteiger partial charge is 0.337 e. The summed E-state index contributed by atoms with van der Waals surface area (Å²) in [6, 6.07) is 14.5. The van der Waals surface area contributed by atoms with E-state index in [0.29, 0.717) is 41.8 Å². The van der Waals surface area contributed by atoms with Crippen LogP contribution in [-0.2, 0) is 17.9 Å². The SMILES string of the molecule is CC1CN(C(=O)COc2ccc(Cl)cc2OCc2ccc(C(=O)O)cn2)C(C)CN1Cc1ccc(F)cc1. The monoisotopic (exact) mass is 541 g/mol. The number of ether oxygens (including phenoxy) is 2. The van der Waals surface area contributed by atoms with Crippen molar-refractivity contribution in [1.29, 1.82) is 0 Å². The van der Waals surface area contributed by atoms with Gasteiger partial charge in [-0.15, -0.1) is 0 Å². The Balaban J connectivity index is 1.34. The summed E-state index contributed by atoms with van der Waals surface area (Å²) in [7, 11) is 0. The number of piperazine rings is 1. The van der Waals surface area contributed by atoms with Crippen molar-refractivity contribution in [3.63, 3.8) is 0 Å². The molecule has 1 aromatic heterocycles. The minimum atomic E-state index is -1.06. The highest BCUT2D eigenvalue weighted by Gasteiger charge is 2.32. The van der Waals surface area contributed by atoms with Gasteiger partial charge < -0.3 is 19.5 Å². The van der Waals surface area contributed by atoms with Crippen molar-refractivity contribution in [3.05, 3.63) is 88.5 Å². The Bertz CT molecular complexity index is 1270. The summed E-state index contributed by atoms with van der Waals surface area (Å²) in [6.45, 7) is 5.89. The van der Waals surface area contributed by atoms with Crippen LogP contribution in [0.1, 0.15) is 35.5 Å². The molecule has 1 aliphatic rings. The Morgan fingerprint density at radius 1 is 1.03 bits per heavy atom. The van der Waals surface area contributed by atoms with E-state index in [1.54, 1.807) is 36.4 Å². The van der Waals surface area contributed by atoms with Gasteiger partial charge in [-0.3, -0.25) is 14.7 Å². The normalized spacial score (nSPS) is 17.7. The number of carboxylic acids is 1. The standard InChI is InChI=1S/C28H29ClFN3O5/c1-18-14-33(19(2)13-32(18)15-20-3-7-23(30)8-4-20)27(34)17-38-25-10-6-22(29)11-26(25)37-16-24-9-5-21(12-31-24)28(35)36/h3-12,18-19H,13-17H2,1-2H3,(H,35,36). The van der Waals surface area contributed by atoms with E-state index >= 15 is 0 Å². The van der Waals surface area contributed by atoms with Crippen LogP contribution >= 0.6 is 11.6 Å². The number of carbonyl (C=O) groups is 2. The number of pyridine rings is 1. The highest BCUT2D eigenvalue weighted by Crippen LogP contribution is 2.31. The van der Waals surface area contributed by atoms with Gasteiger partial charge >= 0.3 is 5.97 Å². The van der Waals surface area contributed by atoms with Gasteiger partial charge in [-0.2, -0.15) is 0 Å². The second-order valence-electron chi connectivity index (χ2n) is 9.31. The molecule has 0 aliphatic carbocycles. The molecule has 0 bridgehead atoms. The van der Waals surface area contributed by atoms with Crippen LogP contribution in [0.5, 0.6) is 11.5 Å². The summed E-state index contributed by atoms with van der Waals surface area (Å²) in [6.07, 6.45) is 1.26. The third-order valence-electron chi connectivity index (χ3n) is 6.44. The van der Waals surface area contributed by atoms with Crippen LogP contribution in [0.4, 0.5) is 4.39 Å². The third kappa shape index (κ3) is 6.99.